The summed E-state index contributed by atoms with van der Waals surface area (Å²) in [4.78, 5) is 32.2. The second-order valence-electron chi connectivity index (χ2n) is 9.97. The first-order valence-electron chi connectivity index (χ1n) is 13.0. The van der Waals surface area contributed by atoms with Crippen LogP contribution in [0.25, 0.3) is 33.0 Å². The molecule has 1 saturated heterocycles. The molecule has 4 aromatic rings. The third-order valence-corrected chi connectivity index (χ3v) is 7.76. The number of nitrogens with zero attached hydrogens (tertiary/aromatic N) is 2. The van der Waals surface area contributed by atoms with Gasteiger partial charge < -0.3 is 23.9 Å². The van der Waals surface area contributed by atoms with Crippen LogP contribution in [-0.4, -0.2) is 52.7 Å². The number of H-pyrrole nitrogens is 1. The highest BCUT2D eigenvalue weighted by atomic mass is 16.7. The number of ether oxygens (including phenoxy) is 2. The van der Waals surface area contributed by atoms with Gasteiger partial charge in [-0.3, -0.25) is 14.9 Å². The summed E-state index contributed by atoms with van der Waals surface area (Å²) in [5.74, 6) is 0.494. The van der Waals surface area contributed by atoms with Gasteiger partial charge in [-0.1, -0.05) is 24.6 Å². The van der Waals surface area contributed by atoms with E-state index in [-0.39, 0.29) is 12.7 Å². The van der Waals surface area contributed by atoms with E-state index in [2.05, 4.69) is 19.8 Å². The van der Waals surface area contributed by atoms with Gasteiger partial charge in [0.15, 0.2) is 11.5 Å². The average molecular weight is 497 g/mol. The van der Waals surface area contributed by atoms with E-state index in [9.17, 15) is 9.59 Å². The highest BCUT2D eigenvalue weighted by Gasteiger charge is 2.36. The number of para-hydroxylation sites is 1. The molecular weight excluding hydrogens is 468 g/mol. The van der Waals surface area contributed by atoms with Crippen LogP contribution in [0.2, 0.25) is 0 Å². The molecule has 8 nitrogen and oxygen atoms in total. The number of hydrogen-bond donors (Lipinski definition) is 2. The number of rotatable bonds is 6. The predicted molar refractivity (Wildman–Crippen MR) is 141 cm³/mol. The van der Waals surface area contributed by atoms with E-state index < -0.39 is 5.91 Å². The fourth-order valence-electron chi connectivity index (χ4n) is 6.02. The molecule has 3 aliphatic heterocycles. The van der Waals surface area contributed by atoms with E-state index in [1.807, 2.05) is 42.6 Å². The molecule has 0 spiro atoms. The second-order valence-corrected chi connectivity index (χ2v) is 9.97. The maximum atomic E-state index is 13.3. The number of likely N-dealkylation sites (tertiary alicyclic amines) is 1. The first-order valence-corrected chi connectivity index (χ1v) is 13.0. The van der Waals surface area contributed by atoms with Crippen molar-refractivity contribution in [3.05, 3.63) is 59.9 Å². The van der Waals surface area contributed by atoms with Gasteiger partial charge in [0.2, 0.25) is 6.79 Å². The van der Waals surface area contributed by atoms with Crippen LogP contribution < -0.4 is 14.8 Å². The lowest BCUT2D eigenvalue weighted by Crippen LogP contribution is -2.31. The summed E-state index contributed by atoms with van der Waals surface area (Å²) in [6.45, 7) is 4.31. The summed E-state index contributed by atoms with van der Waals surface area (Å²) in [6, 6.07) is 11.7. The number of nitrogens with one attached hydrogen (secondary N) is 2. The zero-order chi connectivity index (χ0) is 24.9. The molecule has 0 aliphatic carbocycles. The van der Waals surface area contributed by atoms with Crippen LogP contribution in [0.1, 0.15) is 36.8 Å². The van der Waals surface area contributed by atoms with E-state index in [1.54, 1.807) is 6.20 Å². The van der Waals surface area contributed by atoms with Gasteiger partial charge >= 0.3 is 0 Å². The number of carbonyl (C=O) groups is 2. The molecule has 1 fully saturated rings. The molecule has 2 aromatic carbocycles. The van der Waals surface area contributed by atoms with Gasteiger partial charge in [0.25, 0.3) is 11.8 Å². The molecule has 0 bridgehead atoms. The minimum Gasteiger partial charge on any atom is -0.454 e. The number of benzene rings is 2. The molecule has 0 radical (unpaired) electrons. The number of piperidine rings is 1. The highest BCUT2D eigenvalue weighted by molar-refractivity contribution is 6.51. The van der Waals surface area contributed by atoms with Crippen molar-refractivity contribution in [1.29, 1.82) is 0 Å². The van der Waals surface area contributed by atoms with Crippen LogP contribution >= 0.6 is 0 Å². The Morgan fingerprint density at radius 1 is 0.865 bits per heavy atom. The SMILES string of the molecule is O=C1NC(=O)C(c2cn(CCCN3CCCCC3)c3ccc4c(c23)OCO4)=C1c1c[nH]c2ccccc12. The minimum absolute atomic E-state index is 0.132. The lowest BCUT2D eigenvalue weighted by Gasteiger charge is -2.26. The topological polar surface area (TPSA) is 88.6 Å². The van der Waals surface area contributed by atoms with Crippen molar-refractivity contribution in [3.8, 4) is 11.5 Å². The summed E-state index contributed by atoms with van der Waals surface area (Å²) in [5.41, 5.74) is 4.04. The minimum atomic E-state index is -0.394. The molecule has 37 heavy (non-hydrogen) atoms. The Bertz CT molecular complexity index is 1590. The Morgan fingerprint density at radius 2 is 1.68 bits per heavy atom. The first-order chi connectivity index (χ1) is 18.2. The number of carbonyl (C=O) groups excluding carboxylic acids is 2. The molecule has 2 N–H and O–H groups in total. The van der Waals surface area contributed by atoms with Crippen molar-refractivity contribution >= 4 is 44.8 Å². The van der Waals surface area contributed by atoms with Crippen LogP contribution in [-0.2, 0) is 16.1 Å². The molecule has 2 amide bonds. The Kier molecular flexibility index (Phi) is 5.28. The fraction of sp³-hybridized carbons (Fsp3) is 0.310. The van der Waals surface area contributed by atoms with Crippen LogP contribution in [0.15, 0.2) is 48.8 Å². The molecular formula is C29H28N4O4. The molecule has 0 unspecified atom stereocenters. The number of aromatic amines is 1. The van der Waals surface area contributed by atoms with Crippen molar-refractivity contribution in [2.24, 2.45) is 0 Å². The monoisotopic (exact) mass is 496 g/mol. The van der Waals surface area contributed by atoms with Crippen LogP contribution in [0.4, 0.5) is 0 Å². The molecule has 8 heteroatoms. The maximum Gasteiger partial charge on any atom is 0.259 e. The molecule has 3 aliphatic rings. The molecule has 188 valence electrons. The van der Waals surface area contributed by atoms with Gasteiger partial charge in [-0.15, -0.1) is 0 Å². The van der Waals surface area contributed by atoms with Crippen LogP contribution in [0.5, 0.6) is 11.5 Å². The van der Waals surface area contributed by atoms with Crippen molar-refractivity contribution < 1.29 is 19.1 Å². The zero-order valence-corrected chi connectivity index (χ0v) is 20.5. The summed E-state index contributed by atoms with van der Waals surface area (Å²) < 4.78 is 13.8. The van der Waals surface area contributed by atoms with E-state index in [4.69, 9.17) is 9.47 Å². The summed E-state index contributed by atoms with van der Waals surface area (Å²) >= 11 is 0. The number of hydrogen-bond acceptors (Lipinski definition) is 5. The van der Waals surface area contributed by atoms with Crippen LogP contribution in [0, 0.1) is 0 Å². The van der Waals surface area contributed by atoms with Gasteiger partial charge in [-0.25, -0.2) is 0 Å². The Labute approximate surface area is 213 Å². The fourth-order valence-corrected chi connectivity index (χ4v) is 6.02. The van der Waals surface area contributed by atoms with Gasteiger partial charge in [0.1, 0.15) is 0 Å². The van der Waals surface area contributed by atoms with Gasteiger partial charge in [0, 0.05) is 41.0 Å². The van der Waals surface area contributed by atoms with E-state index in [0.717, 1.165) is 41.3 Å². The third-order valence-electron chi connectivity index (χ3n) is 7.76. The smallest absolute Gasteiger partial charge is 0.259 e. The normalized spacial score (nSPS) is 17.9. The summed E-state index contributed by atoms with van der Waals surface area (Å²) in [5, 5.41) is 4.25. The lowest BCUT2D eigenvalue weighted by molar-refractivity contribution is -0.122. The van der Waals surface area contributed by atoms with Gasteiger partial charge in [-0.05, 0) is 57.1 Å². The highest BCUT2D eigenvalue weighted by Crippen LogP contribution is 2.46. The number of fused-ring (bicyclic) bond motifs is 4. The number of aryl methyl sites for hydroxylation is 1. The largest absolute Gasteiger partial charge is 0.454 e. The third kappa shape index (κ3) is 3.62. The quantitative estimate of drug-likeness (QED) is 0.389. The Hall–Kier alpha value is -4.04. The number of amides is 2. The number of imide groups is 1. The Morgan fingerprint density at radius 3 is 2.54 bits per heavy atom. The lowest BCUT2D eigenvalue weighted by atomic mass is 9.95. The summed E-state index contributed by atoms with van der Waals surface area (Å²) in [6.07, 6.45) is 8.67. The molecule has 0 saturated carbocycles. The standard InChI is InChI=1S/C29H28N4O4/c34-28-25(19-15-30-21-8-3-2-7-18(19)21)26(29(35)31-28)20-16-33(14-6-13-32-11-4-1-5-12-32)22-9-10-23-27(24(20)22)37-17-36-23/h2-3,7-10,15-16,30H,1,4-6,11-14,17H2,(H,31,34,35). The predicted octanol–water partition coefficient (Wildman–Crippen LogP) is 4.29. The van der Waals surface area contributed by atoms with Crippen LogP contribution in [0.3, 0.4) is 0 Å². The Balaban J connectivity index is 1.37. The average Bonchev–Trinajstić information content (AvgIpc) is 3.68. The van der Waals surface area contributed by atoms with Crippen molar-refractivity contribution in [2.75, 3.05) is 26.4 Å². The van der Waals surface area contributed by atoms with Crippen molar-refractivity contribution in [1.82, 2.24) is 19.8 Å². The van der Waals surface area contributed by atoms with E-state index >= 15 is 0 Å². The summed E-state index contributed by atoms with van der Waals surface area (Å²) in [7, 11) is 0. The maximum absolute atomic E-state index is 13.3. The second kappa shape index (κ2) is 8.81. The van der Waals surface area contributed by atoms with Crippen molar-refractivity contribution in [3.63, 3.8) is 0 Å². The molecule has 2 aromatic heterocycles. The molecule has 5 heterocycles. The molecule has 0 atom stereocenters. The van der Waals surface area contributed by atoms with Gasteiger partial charge in [-0.2, -0.15) is 0 Å². The number of aromatic nitrogens is 2. The zero-order valence-electron chi connectivity index (χ0n) is 20.5. The van der Waals surface area contributed by atoms with E-state index in [1.165, 1.54) is 32.4 Å². The first kappa shape index (κ1) is 22.2. The molecule has 7 rings (SSSR count). The van der Waals surface area contributed by atoms with E-state index in [0.29, 0.717) is 33.8 Å². The van der Waals surface area contributed by atoms with Crippen molar-refractivity contribution in [2.45, 2.75) is 32.2 Å². The van der Waals surface area contributed by atoms with Gasteiger partial charge in [0.05, 0.1) is 22.0 Å².